The van der Waals surface area contributed by atoms with E-state index in [1.165, 1.54) is 36.1 Å². The molecule has 0 spiro atoms. The zero-order valence-corrected chi connectivity index (χ0v) is 17.7. The van der Waals surface area contributed by atoms with Crippen molar-refractivity contribution in [3.8, 4) is 0 Å². The van der Waals surface area contributed by atoms with Gasteiger partial charge in [0.25, 0.3) is 5.56 Å². The number of thiol groups is 1. The van der Waals surface area contributed by atoms with Crippen molar-refractivity contribution in [1.29, 1.82) is 0 Å². The smallest absolute Gasteiger partial charge is 0.262 e. The van der Waals surface area contributed by atoms with E-state index in [1.54, 1.807) is 6.21 Å². The van der Waals surface area contributed by atoms with Gasteiger partial charge in [0.1, 0.15) is 6.29 Å². The van der Waals surface area contributed by atoms with Gasteiger partial charge in [-0.05, 0) is 61.9 Å². The largest absolute Gasteiger partial charge is 0.404 e. The van der Waals surface area contributed by atoms with E-state index < -0.39 is 0 Å². The molecule has 9 heteroatoms. The van der Waals surface area contributed by atoms with E-state index in [4.69, 9.17) is 22.1 Å². The second-order valence-electron chi connectivity index (χ2n) is 5.93. The SMILES string of the molecule is CC=O.CCN=C/C(=C\N)Cn1c(Cl)nc2ccc(C3CC3)cc2c1=O.NS. The van der Waals surface area contributed by atoms with Gasteiger partial charge in [0.15, 0.2) is 0 Å². The lowest BCUT2D eigenvalue weighted by Crippen LogP contribution is -2.24. The van der Waals surface area contributed by atoms with Crippen molar-refractivity contribution < 1.29 is 4.79 Å². The fourth-order valence-electron chi connectivity index (χ4n) is 2.55. The first-order valence-corrected chi connectivity index (χ1v) is 9.71. The summed E-state index contributed by atoms with van der Waals surface area (Å²) in [7, 11) is 0. The number of benzene rings is 1. The molecule has 1 aliphatic rings. The zero-order valence-electron chi connectivity index (χ0n) is 16.0. The van der Waals surface area contributed by atoms with Crippen LogP contribution in [0.3, 0.4) is 0 Å². The van der Waals surface area contributed by atoms with Gasteiger partial charge in [0.2, 0.25) is 5.28 Å². The third-order valence-corrected chi connectivity index (χ3v) is 4.26. The maximum atomic E-state index is 12.8. The number of nitrogens with two attached hydrogens (primary N) is 2. The summed E-state index contributed by atoms with van der Waals surface area (Å²) in [6.07, 6.45) is 6.23. The molecule has 0 unspecified atom stereocenters. The molecule has 2 aromatic rings. The number of aromatic nitrogens is 2. The number of halogens is 1. The molecule has 7 nitrogen and oxygen atoms in total. The summed E-state index contributed by atoms with van der Waals surface area (Å²) < 4.78 is 1.43. The highest BCUT2D eigenvalue weighted by Gasteiger charge is 2.24. The van der Waals surface area contributed by atoms with Gasteiger partial charge in [-0.2, -0.15) is 0 Å². The summed E-state index contributed by atoms with van der Waals surface area (Å²) in [5.74, 6) is 0.583. The Morgan fingerprint density at radius 2 is 2.07 bits per heavy atom. The lowest BCUT2D eigenvalue weighted by Gasteiger charge is -2.10. The molecule has 1 aliphatic carbocycles. The summed E-state index contributed by atoms with van der Waals surface area (Å²) in [5.41, 5.74) is 8.01. The number of carbonyl (C=O) groups is 1. The first-order valence-electron chi connectivity index (χ1n) is 8.81. The Hall–Kier alpha value is -2.16. The van der Waals surface area contributed by atoms with Crippen LogP contribution in [0.1, 0.15) is 38.2 Å². The molecule has 1 aromatic heterocycles. The average Bonchev–Trinajstić information content (AvgIpc) is 3.55. The van der Waals surface area contributed by atoms with Crippen molar-refractivity contribution >= 4 is 47.8 Å². The summed E-state index contributed by atoms with van der Waals surface area (Å²) in [4.78, 5) is 30.1. The van der Waals surface area contributed by atoms with Gasteiger partial charge in [-0.1, -0.05) is 6.07 Å². The highest BCUT2D eigenvalue weighted by Crippen LogP contribution is 2.40. The minimum Gasteiger partial charge on any atom is -0.404 e. The molecular formula is C19H26ClN5O2S. The van der Waals surface area contributed by atoms with E-state index >= 15 is 0 Å². The number of allylic oxidation sites excluding steroid dienone is 1. The molecule has 1 heterocycles. The molecule has 0 atom stereocenters. The quantitative estimate of drug-likeness (QED) is 0.296. The van der Waals surface area contributed by atoms with Crippen LogP contribution in [-0.4, -0.2) is 28.6 Å². The van der Waals surface area contributed by atoms with Crippen LogP contribution in [-0.2, 0) is 11.3 Å². The second-order valence-corrected chi connectivity index (χ2v) is 6.27. The van der Waals surface area contributed by atoms with E-state index in [0.29, 0.717) is 23.4 Å². The Bertz CT molecular complexity index is 907. The van der Waals surface area contributed by atoms with E-state index in [9.17, 15) is 4.79 Å². The highest BCUT2D eigenvalue weighted by atomic mass is 35.5. The van der Waals surface area contributed by atoms with Crippen molar-refractivity contribution in [3.05, 3.63) is 51.2 Å². The molecule has 0 aliphatic heterocycles. The molecule has 0 bridgehead atoms. The fraction of sp³-hybridized carbons (Fsp3) is 0.368. The van der Waals surface area contributed by atoms with Crippen molar-refractivity contribution in [2.45, 2.75) is 39.2 Å². The molecule has 1 fully saturated rings. The lowest BCUT2D eigenvalue weighted by atomic mass is 10.1. The number of aliphatic imine (C=N–C) groups is 1. The van der Waals surface area contributed by atoms with E-state index in [2.05, 4.69) is 27.9 Å². The monoisotopic (exact) mass is 423 g/mol. The third kappa shape index (κ3) is 6.47. The maximum absolute atomic E-state index is 12.8. The molecule has 1 saturated carbocycles. The number of nitrogens with zero attached hydrogens (tertiary/aromatic N) is 3. The topological polar surface area (TPSA) is 116 Å². The molecule has 0 amide bonds. The molecule has 4 N–H and O–H groups in total. The van der Waals surface area contributed by atoms with Crippen LogP contribution in [0, 0.1) is 0 Å². The van der Waals surface area contributed by atoms with Gasteiger partial charge in [-0.25, -0.2) is 4.98 Å². The Balaban J connectivity index is 0.000000717. The number of hydrogen-bond acceptors (Lipinski definition) is 7. The summed E-state index contributed by atoms with van der Waals surface area (Å²) in [6, 6.07) is 5.85. The first kappa shape index (κ1) is 23.9. The van der Waals surface area contributed by atoms with Crippen LogP contribution in [0.15, 0.2) is 39.8 Å². The molecule has 0 saturated heterocycles. The Morgan fingerprint density at radius 3 is 2.61 bits per heavy atom. The number of hydrogen-bond donors (Lipinski definition) is 3. The lowest BCUT2D eigenvalue weighted by molar-refractivity contribution is -0.106. The van der Waals surface area contributed by atoms with Crippen LogP contribution >= 0.6 is 24.4 Å². The number of carbonyl (C=O) groups excluding carboxylic acids is 1. The summed E-state index contributed by atoms with van der Waals surface area (Å²) in [5, 5.41) is 4.95. The Kier molecular flexibility index (Phi) is 10.5. The van der Waals surface area contributed by atoms with Crippen molar-refractivity contribution in [1.82, 2.24) is 9.55 Å². The summed E-state index contributed by atoms with van der Waals surface area (Å²) in [6.45, 7) is 4.29. The molecule has 28 heavy (non-hydrogen) atoms. The van der Waals surface area contributed by atoms with E-state index in [0.717, 1.165) is 11.9 Å². The van der Waals surface area contributed by atoms with Crippen LogP contribution in [0.4, 0.5) is 0 Å². The van der Waals surface area contributed by atoms with Gasteiger partial charge >= 0.3 is 0 Å². The van der Waals surface area contributed by atoms with Gasteiger partial charge in [-0.15, -0.1) is 12.8 Å². The molecule has 1 aromatic carbocycles. The van der Waals surface area contributed by atoms with E-state index in [-0.39, 0.29) is 17.4 Å². The molecule has 152 valence electrons. The van der Waals surface area contributed by atoms with Crippen LogP contribution in [0.2, 0.25) is 5.28 Å². The maximum Gasteiger partial charge on any atom is 0.262 e. The Labute approximate surface area is 175 Å². The van der Waals surface area contributed by atoms with Crippen LogP contribution in [0.5, 0.6) is 0 Å². The predicted molar refractivity (Wildman–Crippen MR) is 119 cm³/mol. The normalized spacial score (nSPS) is 13.5. The van der Waals surface area contributed by atoms with Crippen molar-refractivity contribution in [2.75, 3.05) is 6.54 Å². The van der Waals surface area contributed by atoms with Crippen molar-refractivity contribution in [2.24, 2.45) is 15.9 Å². The number of fused-ring (bicyclic) bond motifs is 1. The Morgan fingerprint density at radius 1 is 1.43 bits per heavy atom. The van der Waals surface area contributed by atoms with Crippen LogP contribution in [0.25, 0.3) is 10.9 Å². The molecule has 0 radical (unpaired) electrons. The molecular weight excluding hydrogens is 398 g/mol. The van der Waals surface area contributed by atoms with Gasteiger partial charge < -0.3 is 10.5 Å². The zero-order chi connectivity index (χ0) is 21.1. The fourth-order valence-corrected chi connectivity index (χ4v) is 2.77. The molecule has 3 rings (SSSR count). The summed E-state index contributed by atoms with van der Waals surface area (Å²) >= 11 is 9.23. The number of rotatable bonds is 5. The van der Waals surface area contributed by atoms with Gasteiger partial charge in [0, 0.05) is 24.5 Å². The minimum absolute atomic E-state index is 0.147. The second kappa shape index (κ2) is 12.3. The van der Waals surface area contributed by atoms with Crippen molar-refractivity contribution in [3.63, 3.8) is 0 Å². The highest BCUT2D eigenvalue weighted by molar-refractivity contribution is 7.77. The predicted octanol–water partition coefficient (Wildman–Crippen LogP) is 2.86. The van der Waals surface area contributed by atoms with E-state index in [1.807, 2.05) is 25.1 Å². The average molecular weight is 424 g/mol. The van der Waals surface area contributed by atoms with Gasteiger partial charge in [-0.3, -0.25) is 19.5 Å². The van der Waals surface area contributed by atoms with Crippen LogP contribution < -0.4 is 16.4 Å². The first-order chi connectivity index (χ1) is 13.5. The third-order valence-electron chi connectivity index (χ3n) is 3.97. The van der Waals surface area contributed by atoms with Gasteiger partial charge in [0.05, 0.1) is 17.4 Å². The minimum atomic E-state index is -0.147. The number of aldehydes is 1. The standard InChI is InChI=1S/C17H19ClN4O.C2H4O.H3NS/c1-2-20-9-11(8-19)10-22-16(23)14-7-13(12-3-4-12)5-6-15(14)21-17(22)18;1-2-3;1-2/h5-9,12H,2-4,10,19H2,1H3;2H,1H3;2H,1H2/b11-8+,20-9?;;.